The molecule has 0 bridgehead atoms. The van der Waals surface area contributed by atoms with Gasteiger partial charge in [-0.25, -0.2) is 18.6 Å². The first-order valence-electron chi connectivity index (χ1n) is 19.1. The van der Waals surface area contributed by atoms with Crippen LogP contribution in [0.1, 0.15) is 26.3 Å². The molecule has 4 heterocycles. The van der Waals surface area contributed by atoms with Crippen molar-refractivity contribution in [2.24, 2.45) is 0 Å². The molecule has 1 aliphatic rings. The highest BCUT2D eigenvalue weighted by Gasteiger charge is 2.26. The van der Waals surface area contributed by atoms with Gasteiger partial charge < -0.3 is 34.7 Å². The molecular formula is C44H36Cl2F2N8O8. The zero-order valence-electron chi connectivity index (χ0n) is 34.3. The maximum absolute atomic E-state index is 15.4. The molecule has 16 nitrogen and oxygen atoms in total. The second-order valence-electron chi connectivity index (χ2n) is 13.8. The van der Waals surface area contributed by atoms with Gasteiger partial charge in [0.2, 0.25) is 5.91 Å². The number of nitrogens with one attached hydrogen (secondary N) is 2. The number of piperazine rings is 1. The average Bonchev–Trinajstić information content (AvgIpc) is 3.30. The molecule has 3 aromatic heterocycles. The molecule has 1 saturated heterocycles. The van der Waals surface area contributed by atoms with Crippen LogP contribution >= 0.6 is 23.2 Å². The Hall–Kier alpha value is -7.28. The van der Waals surface area contributed by atoms with Crippen LogP contribution in [0.2, 0.25) is 10.0 Å². The number of hydrogen-bond donors (Lipinski definition) is 3. The monoisotopic (exact) mass is 912 g/mol. The first-order valence-corrected chi connectivity index (χ1v) is 19.8. The SMILES string of the molecule is COc1cc(OC)c(Cl)c(-c2ccc(C(=O)Nc3ccc(CN4CCNC(=O)C4)cn3)c3nccnc23)c1F.COc1cc(OC)c(Cl)c(-c2ccc(C(=O)O)c3nccnc23)c1F. The highest BCUT2D eigenvalue weighted by Crippen LogP contribution is 2.45. The largest absolute Gasteiger partial charge is 0.495 e. The Balaban J connectivity index is 0.000000211. The number of benzene rings is 4. The number of pyridine rings is 1. The fourth-order valence-corrected chi connectivity index (χ4v) is 7.61. The van der Waals surface area contributed by atoms with Gasteiger partial charge in [-0.1, -0.05) is 41.4 Å². The van der Waals surface area contributed by atoms with Crippen LogP contribution in [0.5, 0.6) is 23.0 Å². The molecule has 64 heavy (non-hydrogen) atoms. The van der Waals surface area contributed by atoms with Crippen LogP contribution in [0.4, 0.5) is 14.6 Å². The number of anilines is 1. The summed E-state index contributed by atoms with van der Waals surface area (Å²) in [5, 5.41) is 14.9. The van der Waals surface area contributed by atoms with Gasteiger partial charge >= 0.3 is 5.97 Å². The minimum atomic E-state index is -1.16. The molecule has 2 amide bonds. The predicted octanol–water partition coefficient (Wildman–Crippen LogP) is 7.49. The van der Waals surface area contributed by atoms with E-state index in [2.05, 4.69) is 35.6 Å². The third-order valence-electron chi connectivity index (χ3n) is 10.0. The smallest absolute Gasteiger partial charge is 0.337 e. The maximum atomic E-state index is 15.4. The number of aromatic carboxylic acids is 1. The lowest BCUT2D eigenvalue weighted by Gasteiger charge is -2.26. The van der Waals surface area contributed by atoms with E-state index in [1.165, 1.54) is 83.6 Å². The quantitative estimate of drug-likeness (QED) is 0.115. The number of methoxy groups -OCH3 is 4. The van der Waals surface area contributed by atoms with Crippen molar-refractivity contribution in [1.29, 1.82) is 0 Å². The Labute approximate surface area is 373 Å². The van der Waals surface area contributed by atoms with Crippen LogP contribution in [0.25, 0.3) is 44.3 Å². The number of fused-ring (bicyclic) bond motifs is 2. The number of aromatic nitrogens is 5. The molecule has 7 aromatic rings. The number of halogens is 4. The van der Waals surface area contributed by atoms with Crippen molar-refractivity contribution in [3.63, 3.8) is 0 Å². The lowest BCUT2D eigenvalue weighted by molar-refractivity contribution is -0.124. The van der Waals surface area contributed by atoms with Crippen molar-refractivity contribution < 1.29 is 47.2 Å². The van der Waals surface area contributed by atoms with Gasteiger partial charge in [-0.05, 0) is 23.8 Å². The van der Waals surface area contributed by atoms with Crippen molar-refractivity contribution in [3.8, 4) is 45.3 Å². The molecular weight excluding hydrogens is 877 g/mol. The van der Waals surface area contributed by atoms with E-state index in [4.69, 9.17) is 42.1 Å². The van der Waals surface area contributed by atoms with Crippen molar-refractivity contribution in [2.75, 3.05) is 53.4 Å². The van der Waals surface area contributed by atoms with E-state index < -0.39 is 23.5 Å². The van der Waals surface area contributed by atoms with E-state index in [1.807, 2.05) is 11.0 Å². The first-order chi connectivity index (χ1) is 30.9. The summed E-state index contributed by atoms with van der Waals surface area (Å²) >= 11 is 12.8. The van der Waals surface area contributed by atoms with Crippen LogP contribution in [-0.2, 0) is 11.3 Å². The molecule has 0 aliphatic carbocycles. The molecule has 0 unspecified atom stereocenters. The number of ether oxygens (including phenoxy) is 4. The van der Waals surface area contributed by atoms with E-state index in [-0.39, 0.29) is 88.8 Å². The fourth-order valence-electron chi connectivity index (χ4n) is 6.98. The fraction of sp³-hybridized carbons (Fsp3) is 0.182. The Kier molecular flexibility index (Phi) is 13.6. The zero-order valence-corrected chi connectivity index (χ0v) is 35.8. The average molecular weight is 914 g/mol. The van der Waals surface area contributed by atoms with E-state index in [0.717, 1.165) is 12.1 Å². The summed E-state index contributed by atoms with van der Waals surface area (Å²) in [6.45, 7) is 2.27. The summed E-state index contributed by atoms with van der Waals surface area (Å²) in [5.74, 6) is -2.36. The van der Waals surface area contributed by atoms with Crippen LogP contribution in [0.15, 0.2) is 79.5 Å². The summed E-state index contributed by atoms with van der Waals surface area (Å²) in [5.41, 5.74) is 2.58. The van der Waals surface area contributed by atoms with Crippen molar-refractivity contribution in [1.82, 2.24) is 35.1 Å². The normalized spacial score (nSPS) is 12.5. The lowest BCUT2D eigenvalue weighted by atomic mass is 9.99. The number of carbonyl (C=O) groups excluding carboxylic acids is 2. The van der Waals surface area contributed by atoms with Crippen molar-refractivity contribution in [3.05, 3.63) is 118 Å². The van der Waals surface area contributed by atoms with Crippen molar-refractivity contribution in [2.45, 2.75) is 6.54 Å². The van der Waals surface area contributed by atoms with Gasteiger partial charge in [0.1, 0.15) is 28.4 Å². The molecule has 0 radical (unpaired) electrons. The minimum absolute atomic E-state index is 0.000283. The molecule has 0 atom stereocenters. The minimum Gasteiger partial charge on any atom is -0.495 e. The van der Waals surface area contributed by atoms with Crippen LogP contribution in [0, 0.1) is 11.6 Å². The molecule has 0 spiro atoms. The molecule has 20 heteroatoms. The molecule has 8 rings (SSSR count). The molecule has 0 saturated carbocycles. The molecule has 1 aliphatic heterocycles. The Bertz CT molecular complexity index is 2890. The summed E-state index contributed by atoms with van der Waals surface area (Å²) in [7, 11) is 5.47. The Morgan fingerprint density at radius 2 is 1.22 bits per heavy atom. The van der Waals surface area contributed by atoms with Gasteiger partial charge in [-0.3, -0.25) is 34.4 Å². The van der Waals surface area contributed by atoms with E-state index in [1.54, 1.807) is 18.3 Å². The summed E-state index contributed by atoms with van der Waals surface area (Å²) < 4.78 is 50.9. The molecule has 1 fully saturated rings. The van der Waals surface area contributed by atoms with Crippen LogP contribution in [-0.4, -0.2) is 101 Å². The lowest BCUT2D eigenvalue weighted by Crippen LogP contribution is -2.47. The maximum Gasteiger partial charge on any atom is 0.337 e. The van der Waals surface area contributed by atoms with Crippen molar-refractivity contribution >= 4 is 68.9 Å². The van der Waals surface area contributed by atoms with E-state index in [9.17, 15) is 23.9 Å². The van der Waals surface area contributed by atoms with E-state index >= 15 is 4.39 Å². The summed E-state index contributed by atoms with van der Waals surface area (Å²) in [4.78, 5) is 59.5. The standard InChI is InChI=1S/C27H24ClFN6O4.C17H12ClFN2O4/c1-38-18-11-19(39-2)24(29)22(23(18)28)16-4-5-17(26-25(16)31-7-8-32-26)27(37)34-20-6-3-15(12-33-20)13-35-10-9-30-21(36)14-35;1-24-10-7-11(25-2)14(19)12(13(10)18)8-3-4-9(17(22)23)16-15(8)20-5-6-21-16/h3-8,11-12H,9-10,13-14H2,1-2H3,(H,30,36)(H,33,34,37);3-7H,1-2H3,(H,22,23). The molecule has 328 valence electrons. The topological polar surface area (TPSA) is 200 Å². The third kappa shape index (κ3) is 8.96. The third-order valence-corrected chi connectivity index (χ3v) is 10.8. The zero-order chi connectivity index (χ0) is 45.7. The number of carboxylic acid groups (broad SMARTS) is 1. The molecule has 3 N–H and O–H groups in total. The number of amides is 2. The number of nitrogens with zero attached hydrogens (tertiary/aromatic N) is 6. The Morgan fingerprint density at radius 1 is 0.719 bits per heavy atom. The summed E-state index contributed by atoms with van der Waals surface area (Å²) in [6.07, 6.45) is 7.30. The summed E-state index contributed by atoms with van der Waals surface area (Å²) in [6, 6.07) is 12.1. The van der Waals surface area contributed by atoms with Gasteiger partial charge in [0.15, 0.2) is 23.1 Å². The number of rotatable bonds is 11. The predicted molar refractivity (Wildman–Crippen MR) is 234 cm³/mol. The van der Waals surface area contributed by atoms with Gasteiger partial charge in [0.25, 0.3) is 5.91 Å². The van der Waals surface area contributed by atoms with Crippen LogP contribution < -0.4 is 29.6 Å². The molecule has 4 aromatic carbocycles. The number of hydrogen-bond acceptors (Lipinski definition) is 13. The number of carbonyl (C=O) groups is 3. The van der Waals surface area contributed by atoms with Gasteiger partial charge in [0, 0.05) is 85.0 Å². The van der Waals surface area contributed by atoms with Crippen LogP contribution in [0.3, 0.4) is 0 Å². The Morgan fingerprint density at radius 3 is 1.69 bits per heavy atom. The first kappa shape index (κ1) is 44.8. The number of carboxylic acids is 1. The van der Waals surface area contributed by atoms with E-state index in [0.29, 0.717) is 31.0 Å². The highest BCUT2D eigenvalue weighted by atomic mass is 35.5. The van der Waals surface area contributed by atoms with Gasteiger partial charge in [-0.15, -0.1) is 0 Å². The van der Waals surface area contributed by atoms with Gasteiger partial charge in [0.05, 0.1) is 67.2 Å². The second kappa shape index (κ2) is 19.4. The van der Waals surface area contributed by atoms with Gasteiger partial charge in [-0.2, -0.15) is 0 Å². The second-order valence-corrected chi connectivity index (χ2v) is 14.5. The highest BCUT2D eigenvalue weighted by molar-refractivity contribution is 6.36.